The summed E-state index contributed by atoms with van der Waals surface area (Å²) in [5.74, 6) is 0.528. The van der Waals surface area contributed by atoms with Gasteiger partial charge in [-0.2, -0.15) is 0 Å². The van der Waals surface area contributed by atoms with Crippen molar-refractivity contribution in [1.82, 2.24) is 9.97 Å². The van der Waals surface area contributed by atoms with E-state index in [1.54, 1.807) is 6.07 Å². The van der Waals surface area contributed by atoms with Crippen LogP contribution in [0.4, 0.5) is 5.95 Å². The van der Waals surface area contributed by atoms with Crippen LogP contribution in [0.3, 0.4) is 0 Å². The Hall–Kier alpha value is -1.27. The number of nitrogens with zero attached hydrogens (tertiary/aromatic N) is 2. The summed E-state index contributed by atoms with van der Waals surface area (Å²) in [5.41, 5.74) is 6.96. The second kappa shape index (κ2) is 6.46. The minimum absolute atomic E-state index is 0.135. The molecule has 0 amide bonds. The van der Waals surface area contributed by atoms with Crippen molar-refractivity contribution < 1.29 is 4.74 Å². The Kier molecular flexibility index (Phi) is 5.24. The van der Waals surface area contributed by atoms with E-state index in [0.717, 1.165) is 5.69 Å². The summed E-state index contributed by atoms with van der Waals surface area (Å²) in [5, 5.41) is 3.15. The van der Waals surface area contributed by atoms with Gasteiger partial charge in [-0.15, -0.1) is 0 Å². The van der Waals surface area contributed by atoms with E-state index in [1.165, 1.54) is 0 Å². The van der Waals surface area contributed by atoms with Gasteiger partial charge in [-0.25, -0.2) is 9.97 Å². The molecule has 17 heavy (non-hydrogen) atoms. The monoisotopic (exact) mass is 254 g/mol. The number of nitrogens with two attached hydrogens (primary N) is 1. The maximum atomic E-state index is 5.55. The molecule has 1 heterocycles. The van der Waals surface area contributed by atoms with E-state index in [1.807, 2.05) is 20.8 Å². The van der Waals surface area contributed by atoms with Gasteiger partial charge in [-0.3, -0.25) is 0 Å². The zero-order chi connectivity index (χ0) is 12.8. The fourth-order valence-corrected chi connectivity index (χ4v) is 1.42. The Morgan fingerprint density at radius 3 is 2.88 bits per heavy atom. The maximum Gasteiger partial charge on any atom is 0.223 e. The third-order valence-corrected chi connectivity index (χ3v) is 2.26. The molecule has 0 aliphatic heterocycles. The van der Waals surface area contributed by atoms with Gasteiger partial charge in [-0.05, 0) is 26.8 Å². The Balaban J connectivity index is 2.73. The van der Waals surface area contributed by atoms with Gasteiger partial charge in [0.05, 0.1) is 6.61 Å². The van der Waals surface area contributed by atoms with E-state index >= 15 is 0 Å². The first-order valence-electron chi connectivity index (χ1n) is 5.52. The first-order valence-corrected chi connectivity index (χ1v) is 5.93. The largest absolute Gasteiger partial charge is 0.388 e. The molecule has 5 nitrogen and oxygen atoms in total. The van der Waals surface area contributed by atoms with Crippen LogP contribution in [0.5, 0.6) is 0 Å². The molecule has 1 atom stereocenters. The average molecular weight is 254 g/mol. The highest BCUT2D eigenvalue weighted by atomic mass is 32.1. The van der Waals surface area contributed by atoms with Crippen molar-refractivity contribution >= 4 is 23.2 Å². The standard InChI is InChI=1S/C11H18N4OS/c1-4-16-6-8(3)14-11-13-7(2)5-9(15-11)10(12)17/h5,8H,4,6H2,1-3H3,(H2,12,17)(H,13,14,15). The van der Waals surface area contributed by atoms with Crippen LogP contribution in [0, 0.1) is 6.92 Å². The highest BCUT2D eigenvalue weighted by Gasteiger charge is 2.07. The van der Waals surface area contributed by atoms with E-state index in [2.05, 4.69) is 15.3 Å². The van der Waals surface area contributed by atoms with Gasteiger partial charge in [-0.1, -0.05) is 12.2 Å². The Bertz CT molecular complexity index is 397. The Morgan fingerprint density at radius 2 is 2.29 bits per heavy atom. The predicted octanol–water partition coefficient (Wildman–Crippen LogP) is 1.26. The average Bonchev–Trinajstić information content (AvgIpc) is 2.25. The summed E-state index contributed by atoms with van der Waals surface area (Å²) in [6, 6.07) is 1.90. The molecule has 1 aromatic rings. The van der Waals surface area contributed by atoms with Crippen molar-refractivity contribution in [2.45, 2.75) is 26.8 Å². The molecule has 1 rings (SSSR count). The lowest BCUT2D eigenvalue weighted by molar-refractivity contribution is 0.141. The van der Waals surface area contributed by atoms with Crippen LogP contribution in [0.2, 0.25) is 0 Å². The molecule has 0 spiro atoms. The lowest BCUT2D eigenvalue weighted by Crippen LogP contribution is -2.24. The molecule has 0 fully saturated rings. The zero-order valence-corrected chi connectivity index (χ0v) is 11.2. The van der Waals surface area contributed by atoms with Crippen LogP contribution in [0.15, 0.2) is 6.07 Å². The van der Waals surface area contributed by atoms with Gasteiger partial charge in [0.15, 0.2) is 0 Å². The first kappa shape index (κ1) is 13.8. The van der Waals surface area contributed by atoms with Crippen LogP contribution in [0.25, 0.3) is 0 Å². The van der Waals surface area contributed by atoms with Gasteiger partial charge < -0.3 is 15.8 Å². The molecule has 0 saturated carbocycles. The summed E-state index contributed by atoms with van der Waals surface area (Å²) in [4.78, 5) is 8.78. The quantitative estimate of drug-likeness (QED) is 0.745. The Labute approximate surface area is 107 Å². The van der Waals surface area contributed by atoms with Crippen LogP contribution in [-0.4, -0.2) is 34.2 Å². The Morgan fingerprint density at radius 1 is 1.59 bits per heavy atom. The van der Waals surface area contributed by atoms with E-state index in [9.17, 15) is 0 Å². The SMILES string of the molecule is CCOCC(C)Nc1nc(C)cc(C(N)=S)n1. The summed E-state index contributed by atoms with van der Waals surface area (Å²) < 4.78 is 5.31. The fourth-order valence-electron chi connectivity index (χ4n) is 1.32. The molecule has 1 unspecified atom stereocenters. The van der Waals surface area contributed by atoms with E-state index in [4.69, 9.17) is 22.7 Å². The van der Waals surface area contributed by atoms with Crippen molar-refractivity contribution in [2.75, 3.05) is 18.5 Å². The number of aryl methyl sites for hydroxylation is 1. The van der Waals surface area contributed by atoms with E-state index < -0.39 is 0 Å². The van der Waals surface area contributed by atoms with Gasteiger partial charge in [0.2, 0.25) is 5.95 Å². The topological polar surface area (TPSA) is 73.1 Å². The second-order valence-corrected chi connectivity index (χ2v) is 4.23. The van der Waals surface area contributed by atoms with Crippen LogP contribution < -0.4 is 11.1 Å². The third kappa shape index (κ3) is 4.62. The van der Waals surface area contributed by atoms with Gasteiger partial charge >= 0.3 is 0 Å². The second-order valence-electron chi connectivity index (χ2n) is 3.79. The van der Waals surface area contributed by atoms with Crippen molar-refractivity contribution in [3.8, 4) is 0 Å². The van der Waals surface area contributed by atoms with Gasteiger partial charge in [0, 0.05) is 18.3 Å². The van der Waals surface area contributed by atoms with Crippen LogP contribution in [-0.2, 0) is 4.74 Å². The van der Waals surface area contributed by atoms with Crippen molar-refractivity contribution in [2.24, 2.45) is 5.73 Å². The molecular weight excluding hydrogens is 236 g/mol. The van der Waals surface area contributed by atoms with Crippen LogP contribution in [0.1, 0.15) is 25.2 Å². The number of rotatable bonds is 6. The number of thiocarbonyl (C=S) groups is 1. The molecule has 1 aromatic heterocycles. The number of hydrogen-bond donors (Lipinski definition) is 2. The normalized spacial score (nSPS) is 12.2. The predicted molar refractivity (Wildman–Crippen MR) is 72.2 cm³/mol. The smallest absolute Gasteiger partial charge is 0.223 e. The molecule has 0 radical (unpaired) electrons. The molecule has 0 aliphatic rings. The molecule has 0 aliphatic carbocycles. The fraction of sp³-hybridized carbons (Fsp3) is 0.545. The molecule has 0 aromatic carbocycles. The van der Waals surface area contributed by atoms with Gasteiger partial charge in [0.1, 0.15) is 10.7 Å². The minimum atomic E-state index is 0.135. The summed E-state index contributed by atoms with van der Waals surface area (Å²) in [7, 11) is 0. The van der Waals surface area contributed by atoms with Crippen molar-refractivity contribution in [3.05, 3.63) is 17.5 Å². The lowest BCUT2D eigenvalue weighted by Gasteiger charge is -2.14. The summed E-state index contributed by atoms with van der Waals surface area (Å²) >= 11 is 4.90. The number of nitrogens with one attached hydrogen (secondary N) is 1. The number of anilines is 1. The molecular formula is C11H18N4OS. The number of ether oxygens (including phenoxy) is 1. The maximum absolute atomic E-state index is 5.55. The minimum Gasteiger partial charge on any atom is -0.388 e. The highest BCUT2D eigenvalue weighted by molar-refractivity contribution is 7.80. The van der Waals surface area contributed by atoms with E-state index in [-0.39, 0.29) is 11.0 Å². The summed E-state index contributed by atoms with van der Waals surface area (Å²) in [6.07, 6.45) is 0. The third-order valence-electron chi connectivity index (χ3n) is 2.05. The number of aromatic nitrogens is 2. The lowest BCUT2D eigenvalue weighted by atomic mass is 10.3. The van der Waals surface area contributed by atoms with Crippen LogP contribution >= 0.6 is 12.2 Å². The highest BCUT2D eigenvalue weighted by Crippen LogP contribution is 2.06. The van der Waals surface area contributed by atoms with E-state index in [0.29, 0.717) is 24.9 Å². The summed E-state index contributed by atoms with van der Waals surface area (Å²) in [6.45, 7) is 7.14. The van der Waals surface area contributed by atoms with Gasteiger partial charge in [0.25, 0.3) is 0 Å². The molecule has 94 valence electrons. The molecule has 0 bridgehead atoms. The number of hydrogen-bond acceptors (Lipinski definition) is 5. The van der Waals surface area contributed by atoms with Crippen molar-refractivity contribution in [1.29, 1.82) is 0 Å². The first-order chi connectivity index (χ1) is 8.02. The van der Waals surface area contributed by atoms with Crippen molar-refractivity contribution in [3.63, 3.8) is 0 Å². The molecule has 0 saturated heterocycles. The molecule has 3 N–H and O–H groups in total. The molecule has 6 heteroatoms. The zero-order valence-electron chi connectivity index (χ0n) is 10.4.